The smallest absolute Gasteiger partial charge is 0.407 e. The van der Waals surface area contributed by atoms with Gasteiger partial charge in [-0.25, -0.2) is 9.59 Å². The number of nitrogens with one attached hydrogen (secondary N) is 2. The molecule has 142 valence electrons. The predicted octanol–water partition coefficient (Wildman–Crippen LogP) is 1.30. The van der Waals surface area contributed by atoms with Crippen LogP contribution in [0.5, 0.6) is 0 Å². The topological polar surface area (TPSA) is 106 Å². The first-order chi connectivity index (χ1) is 11.6. The monoisotopic (exact) mass is 346 g/mol. The number of amides is 2. The lowest BCUT2D eigenvalue weighted by molar-refractivity contribution is 0.107. The fourth-order valence-corrected chi connectivity index (χ4v) is 1.89. The van der Waals surface area contributed by atoms with Gasteiger partial charge >= 0.3 is 12.2 Å². The summed E-state index contributed by atoms with van der Waals surface area (Å²) in [6, 6.07) is 0. The molecule has 2 amide bonds. The molecule has 0 unspecified atom stereocenters. The minimum Gasteiger partial charge on any atom is -0.448 e. The number of nitrogens with zero attached hydrogens (tertiary/aromatic N) is 1. The molecule has 0 aliphatic heterocycles. The van der Waals surface area contributed by atoms with Crippen LogP contribution in [0, 0.1) is 0 Å². The molecule has 0 fully saturated rings. The van der Waals surface area contributed by atoms with E-state index in [1.807, 2.05) is 4.90 Å². The lowest BCUT2D eigenvalue weighted by Crippen LogP contribution is -2.37. The third kappa shape index (κ3) is 14.1. The molecule has 0 aromatic heterocycles. The molecule has 0 aliphatic rings. The number of hydrogen-bond donors (Lipinski definition) is 3. The van der Waals surface area contributed by atoms with E-state index in [0.29, 0.717) is 39.3 Å². The normalized spacial score (nSPS) is 10.5. The zero-order valence-electron chi connectivity index (χ0n) is 15.1. The van der Waals surface area contributed by atoms with Gasteiger partial charge in [-0.3, -0.25) is 4.90 Å². The minimum absolute atomic E-state index is 0.278. The Hall–Kier alpha value is -1.54. The number of nitrogens with two attached hydrogens (primary N) is 1. The first-order valence-corrected chi connectivity index (χ1v) is 8.87. The average Bonchev–Trinajstić information content (AvgIpc) is 2.55. The molecule has 0 saturated carbocycles. The summed E-state index contributed by atoms with van der Waals surface area (Å²) in [4.78, 5) is 24.9. The van der Waals surface area contributed by atoms with Crippen LogP contribution in [0.1, 0.15) is 39.5 Å². The van der Waals surface area contributed by atoms with Crippen LogP contribution in [0.3, 0.4) is 0 Å². The molecule has 8 heteroatoms. The first-order valence-electron chi connectivity index (χ1n) is 8.87. The van der Waals surface area contributed by atoms with Gasteiger partial charge < -0.3 is 25.8 Å². The van der Waals surface area contributed by atoms with Gasteiger partial charge in [0.1, 0.15) is 13.2 Å². The highest BCUT2D eigenvalue weighted by Crippen LogP contribution is 1.91. The summed E-state index contributed by atoms with van der Waals surface area (Å²) in [5.41, 5.74) is 5.57. The predicted molar refractivity (Wildman–Crippen MR) is 94.0 cm³/mol. The summed E-state index contributed by atoms with van der Waals surface area (Å²) < 4.78 is 10.2. The molecule has 0 aliphatic carbocycles. The van der Waals surface area contributed by atoms with Gasteiger partial charge in [0.25, 0.3) is 0 Å². The van der Waals surface area contributed by atoms with Gasteiger partial charge in [0.2, 0.25) is 0 Å². The van der Waals surface area contributed by atoms with Crippen LogP contribution in [0.15, 0.2) is 0 Å². The van der Waals surface area contributed by atoms with Crippen molar-refractivity contribution in [3.63, 3.8) is 0 Å². The molecular formula is C16H34N4O4. The second-order valence-corrected chi connectivity index (χ2v) is 5.46. The van der Waals surface area contributed by atoms with Crippen molar-refractivity contribution in [3.05, 3.63) is 0 Å². The molecule has 0 spiro atoms. The van der Waals surface area contributed by atoms with Crippen LogP contribution < -0.4 is 16.4 Å². The van der Waals surface area contributed by atoms with E-state index in [1.165, 1.54) is 0 Å². The highest BCUT2D eigenvalue weighted by atomic mass is 16.6. The van der Waals surface area contributed by atoms with Gasteiger partial charge in [-0.15, -0.1) is 0 Å². The van der Waals surface area contributed by atoms with Crippen molar-refractivity contribution in [1.29, 1.82) is 0 Å². The summed E-state index contributed by atoms with van der Waals surface area (Å²) in [7, 11) is 0. The van der Waals surface area contributed by atoms with Gasteiger partial charge in [0.15, 0.2) is 0 Å². The summed E-state index contributed by atoms with van der Waals surface area (Å²) in [5.74, 6) is 0. The van der Waals surface area contributed by atoms with Crippen molar-refractivity contribution >= 4 is 12.2 Å². The van der Waals surface area contributed by atoms with Crippen molar-refractivity contribution in [2.75, 3.05) is 52.5 Å². The molecule has 24 heavy (non-hydrogen) atoms. The zero-order valence-corrected chi connectivity index (χ0v) is 15.1. The molecule has 4 N–H and O–H groups in total. The maximum atomic E-state index is 11.4. The van der Waals surface area contributed by atoms with E-state index in [4.69, 9.17) is 15.2 Å². The van der Waals surface area contributed by atoms with E-state index in [9.17, 15) is 9.59 Å². The second kappa shape index (κ2) is 16.3. The van der Waals surface area contributed by atoms with Crippen molar-refractivity contribution < 1.29 is 19.1 Å². The molecule has 0 aromatic carbocycles. The second-order valence-electron chi connectivity index (χ2n) is 5.46. The van der Waals surface area contributed by atoms with E-state index in [0.717, 1.165) is 25.7 Å². The molecule has 0 radical (unpaired) electrons. The highest BCUT2D eigenvalue weighted by Gasteiger charge is 2.08. The lowest BCUT2D eigenvalue weighted by atomic mass is 10.3. The molecule has 0 rings (SSSR count). The van der Waals surface area contributed by atoms with Crippen molar-refractivity contribution in [2.45, 2.75) is 39.5 Å². The Morgan fingerprint density at radius 3 is 1.71 bits per heavy atom. The van der Waals surface area contributed by atoms with E-state index in [1.54, 1.807) is 0 Å². The minimum atomic E-state index is -0.400. The number of ether oxygens (including phenoxy) is 2. The summed E-state index contributed by atoms with van der Waals surface area (Å²) in [6.07, 6.45) is 3.12. The molecule has 0 bridgehead atoms. The van der Waals surface area contributed by atoms with Crippen LogP contribution in [0.2, 0.25) is 0 Å². The quantitative estimate of drug-likeness (QED) is 0.409. The van der Waals surface area contributed by atoms with Gasteiger partial charge in [0, 0.05) is 39.3 Å². The van der Waals surface area contributed by atoms with Gasteiger partial charge in [-0.1, -0.05) is 26.7 Å². The summed E-state index contributed by atoms with van der Waals surface area (Å²) in [6.45, 7) is 8.19. The maximum absolute atomic E-state index is 11.4. The number of carbonyl (C=O) groups excluding carboxylic acids is 2. The van der Waals surface area contributed by atoms with Crippen LogP contribution in [-0.2, 0) is 9.47 Å². The Labute approximate surface area is 145 Å². The van der Waals surface area contributed by atoms with Crippen LogP contribution >= 0.6 is 0 Å². The van der Waals surface area contributed by atoms with Gasteiger partial charge in [0.05, 0.1) is 0 Å². The standard InChI is InChI=1S/C16H34N4O4/c1-3-5-8-18-15(21)23-13-11-20(10-7-17)12-14-24-16(22)19-9-6-4-2/h3-14,17H2,1-2H3,(H,18,21)(H,19,22). The number of carbonyl (C=O) groups is 2. The lowest BCUT2D eigenvalue weighted by Gasteiger charge is -2.21. The van der Waals surface area contributed by atoms with Gasteiger partial charge in [-0.2, -0.15) is 0 Å². The average molecular weight is 346 g/mol. The van der Waals surface area contributed by atoms with Crippen molar-refractivity contribution in [2.24, 2.45) is 5.73 Å². The van der Waals surface area contributed by atoms with E-state index < -0.39 is 12.2 Å². The SMILES string of the molecule is CCCCNC(=O)OCCN(CCN)CCOC(=O)NCCCC. The zero-order chi connectivity index (χ0) is 18.0. The van der Waals surface area contributed by atoms with E-state index >= 15 is 0 Å². The van der Waals surface area contributed by atoms with Crippen LogP contribution in [-0.4, -0.2) is 69.6 Å². The van der Waals surface area contributed by atoms with E-state index in [2.05, 4.69) is 24.5 Å². The summed E-state index contributed by atoms with van der Waals surface area (Å²) in [5, 5.41) is 5.38. The number of unbranched alkanes of at least 4 members (excludes halogenated alkanes) is 2. The van der Waals surface area contributed by atoms with Crippen LogP contribution in [0.4, 0.5) is 9.59 Å². The Morgan fingerprint density at radius 1 is 0.875 bits per heavy atom. The molecule has 0 aromatic rings. The largest absolute Gasteiger partial charge is 0.448 e. The molecule has 0 heterocycles. The number of hydrogen-bond acceptors (Lipinski definition) is 6. The molecule has 8 nitrogen and oxygen atoms in total. The van der Waals surface area contributed by atoms with Crippen molar-refractivity contribution in [1.82, 2.24) is 15.5 Å². The van der Waals surface area contributed by atoms with Gasteiger partial charge in [-0.05, 0) is 12.8 Å². The van der Waals surface area contributed by atoms with E-state index in [-0.39, 0.29) is 13.2 Å². The highest BCUT2D eigenvalue weighted by molar-refractivity contribution is 5.67. The number of rotatable bonds is 14. The molecule has 0 saturated heterocycles. The Morgan fingerprint density at radius 2 is 1.33 bits per heavy atom. The first kappa shape index (κ1) is 22.5. The fourth-order valence-electron chi connectivity index (χ4n) is 1.89. The maximum Gasteiger partial charge on any atom is 0.407 e. The number of alkyl carbamates (subject to hydrolysis) is 2. The Balaban J connectivity index is 3.80. The Kier molecular flexibility index (Phi) is 15.3. The Bertz CT molecular complexity index is 301. The summed E-state index contributed by atoms with van der Waals surface area (Å²) >= 11 is 0. The third-order valence-electron chi connectivity index (χ3n) is 3.33. The van der Waals surface area contributed by atoms with Crippen molar-refractivity contribution in [3.8, 4) is 0 Å². The molecular weight excluding hydrogens is 312 g/mol. The molecule has 0 atom stereocenters. The fraction of sp³-hybridized carbons (Fsp3) is 0.875. The van der Waals surface area contributed by atoms with Crippen LogP contribution in [0.25, 0.3) is 0 Å². The third-order valence-corrected chi connectivity index (χ3v) is 3.33.